The highest BCUT2D eigenvalue weighted by Gasteiger charge is 2.28. The van der Waals surface area contributed by atoms with E-state index in [-0.39, 0.29) is 0 Å². The summed E-state index contributed by atoms with van der Waals surface area (Å²) in [7, 11) is 5.69. The molecule has 1 unspecified atom stereocenters. The molecule has 1 heterocycles. The molecule has 1 aromatic rings. The molecule has 0 radical (unpaired) electrons. The van der Waals surface area contributed by atoms with Crippen molar-refractivity contribution in [2.24, 2.45) is 5.41 Å². The molecule has 2 N–H and O–H groups in total. The molecule has 20 heavy (non-hydrogen) atoms. The van der Waals surface area contributed by atoms with Gasteiger partial charge in [0.15, 0.2) is 0 Å². The largest absolute Gasteiger partial charge is 0.357 e. The van der Waals surface area contributed by atoms with E-state index in [1.165, 1.54) is 19.3 Å². The Hall–Kier alpha value is -1.59. The second-order valence-corrected chi connectivity index (χ2v) is 6.53. The number of hydrogen-bond donors (Lipinski definition) is 2. The predicted molar refractivity (Wildman–Crippen MR) is 83.4 cm³/mol. The van der Waals surface area contributed by atoms with Crippen LogP contribution in [0, 0.1) is 5.41 Å². The van der Waals surface area contributed by atoms with Gasteiger partial charge in [0.2, 0.25) is 17.8 Å². The number of anilines is 3. The first-order valence-corrected chi connectivity index (χ1v) is 7.27. The van der Waals surface area contributed by atoms with E-state index in [4.69, 9.17) is 0 Å². The van der Waals surface area contributed by atoms with Gasteiger partial charge in [0.05, 0.1) is 0 Å². The first-order chi connectivity index (χ1) is 9.39. The van der Waals surface area contributed by atoms with Crippen LogP contribution in [0.15, 0.2) is 0 Å². The standard InChI is InChI=1S/C14H26N6/c1-14(2)8-6-7-10(9-14)16-12-17-11(15-3)18-13(19-12)20(4)5/h10H,6-9H2,1-5H3,(H2,15,16,17,18,19). The Morgan fingerprint density at radius 1 is 1.15 bits per heavy atom. The smallest absolute Gasteiger partial charge is 0.231 e. The van der Waals surface area contributed by atoms with Gasteiger partial charge in [-0.15, -0.1) is 0 Å². The fraction of sp³-hybridized carbons (Fsp3) is 0.786. The number of rotatable bonds is 4. The Labute approximate surface area is 121 Å². The highest BCUT2D eigenvalue weighted by atomic mass is 15.3. The maximum atomic E-state index is 4.48. The predicted octanol–water partition coefficient (Wildman–Crippen LogP) is 2.36. The lowest BCUT2D eigenvalue weighted by Crippen LogP contribution is -2.32. The molecule has 1 aliphatic rings. The monoisotopic (exact) mass is 278 g/mol. The summed E-state index contributed by atoms with van der Waals surface area (Å²) in [6.45, 7) is 4.66. The maximum absolute atomic E-state index is 4.48. The first kappa shape index (κ1) is 14.8. The highest BCUT2D eigenvalue weighted by Crippen LogP contribution is 2.36. The summed E-state index contributed by atoms with van der Waals surface area (Å²) < 4.78 is 0. The molecule has 0 spiro atoms. The van der Waals surface area contributed by atoms with Crippen LogP contribution in [0.3, 0.4) is 0 Å². The molecule has 2 rings (SSSR count). The van der Waals surface area contributed by atoms with E-state index in [9.17, 15) is 0 Å². The second-order valence-electron chi connectivity index (χ2n) is 6.53. The third-order valence-electron chi connectivity index (χ3n) is 3.79. The van der Waals surface area contributed by atoms with E-state index in [0.29, 0.717) is 29.3 Å². The minimum absolute atomic E-state index is 0.402. The topological polar surface area (TPSA) is 66.0 Å². The number of aromatic nitrogens is 3. The van der Waals surface area contributed by atoms with Gasteiger partial charge in [-0.1, -0.05) is 20.3 Å². The van der Waals surface area contributed by atoms with Crippen LogP contribution in [0.25, 0.3) is 0 Å². The fourth-order valence-corrected chi connectivity index (χ4v) is 2.75. The highest BCUT2D eigenvalue weighted by molar-refractivity contribution is 5.43. The Bertz CT molecular complexity index is 457. The summed E-state index contributed by atoms with van der Waals surface area (Å²) in [5.41, 5.74) is 0.402. The molecule has 0 saturated heterocycles. The zero-order valence-electron chi connectivity index (χ0n) is 13.2. The molecule has 6 heteroatoms. The van der Waals surface area contributed by atoms with Crippen molar-refractivity contribution >= 4 is 17.8 Å². The minimum Gasteiger partial charge on any atom is -0.357 e. The van der Waals surface area contributed by atoms with Gasteiger partial charge >= 0.3 is 0 Å². The summed E-state index contributed by atoms with van der Waals surface area (Å²) in [4.78, 5) is 15.1. The molecule has 0 amide bonds. The van der Waals surface area contributed by atoms with Gasteiger partial charge in [-0.05, 0) is 24.7 Å². The lowest BCUT2D eigenvalue weighted by Gasteiger charge is -2.35. The molecule has 1 fully saturated rings. The number of nitrogens with zero attached hydrogens (tertiary/aromatic N) is 4. The van der Waals surface area contributed by atoms with E-state index in [2.05, 4.69) is 39.4 Å². The summed E-state index contributed by atoms with van der Waals surface area (Å²) in [6, 6.07) is 0.445. The van der Waals surface area contributed by atoms with E-state index < -0.39 is 0 Å². The quantitative estimate of drug-likeness (QED) is 0.881. The van der Waals surface area contributed by atoms with Crippen LogP contribution < -0.4 is 15.5 Å². The summed E-state index contributed by atoms with van der Waals surface area (Å²) in [6.07, 6.45) is 4.90. The van der Waals surface area contributed by atoms with Crippen molar-refractivity contribution in [1.82, 2.24) is 15.0 Å². The Kier molecular flexibility index (Phi) is 4.30. The molecule has 1 aliphatic carbocycles. The third-order valence-corrected chi connectivity index (χ3v) is 3.79. The second kappa shape index (κ2) is 5.81. The Morgan fingerprint density at radius 2 is 1.85 bits per heavy atom. The SMILES string of the molecule is CNc1nc(NC2CCCC(C)(C)C2)nc(N(C)C)n1. The van der Waals surface area contributed by atoms with Gasteiger partial charge in [-0.2, -0.15) is 15.0 Å². The van der Waals surface area contributed by atoms with Crippen LogP contribution in [0.2, 0.25) is 0 Å². The molecule has 112 valence electrons. The zero-order valence-corrected chi connectivity index (χ0v) is 13.2. The van der Waals surface area contributed by atoms with Gasteiger partial charge in [-0.3, -0.25) is 0 Å². The van der Waals surface area contributed by atoms with Gasteiger partial charge in [0.25, 0.3) is 0 Å². The summed E-state index contributed by atoms with van der Waals surface area (Å²) >= 11 is 0. The fourth-order valence-electron chi connectivity index (χ4n) is 2.75. The van der Waals surface area contributed by atoms with Crippen molar-refractivity contribution in [2.75, 3.05) is 36.7 Å². The van der Waals surface area contributed by atoms with Gasteiger partial charge in [-0.25, -0.2) is 0 Å². The molecule has 1 atom stereocenters. The number of hydrogen-bond acceptors (Lipinski definition) is 6. The summed E-state index contributed by atoms with van der Waals surface area (Å²) in [5.74, 6) is 1.93. The van der Waals surface area contributed by atoms with Crippen LogP contribution in [-0.4, -0.2) is 42.1 Å². The maximum Gasteiger partial charge on any atom is 0.231 e. The molecule has 0 bridgehead atoms. The lowest BCUT2D eigenvalue weighted by molar-refractivity contribution is 0.229. The normalized spacial score (nSPS) is 21.4. The van der Waals surface area contributed by atoms with Crippen molar-refractivity contribution in [3.05, 3.63) is 0 Å². The van der Waals surface area contributed by atoms with Crippen LogP contribution in [0.5, 0.6) is 0 Å². The van der Waals surface area contributed by atoms with E-state index in [1.807, 2.05) is 26.0 Å². The minimum atomic E-state index is 0.402. The van der Waals surface area contributed by atoms with Crippen molar-refractivity contribution < 1.29 is 0 Å². The zero-order chi connectivity index (χ0) is 14.8. The molecular weight excluding hydrogens is 252 g/mol. The van der Waals surface area contributed by atoms with Crippen LogP contribution in [0.4, 0.5) is 17.8 Å². The average molecular weight is 278 g/mol. The van der Waals surface area contributed by atoms with Crippen LogP contribution in [-0.2, 0) is 0 Å². The number of nitrogens with one attached hydrogen (secondary N) is 2. The van der Waals surface area contributed by atoms with Crippen LogP contribution in [0.1, 0.15) is 39.5 Å². The molecule has 6 nitrogen and oxygen atoms in total. The van der Waals surface area contributed by atoms with Crippen molar-refractivity contribution in [3.8, 4) is 0 Å². The van der Waals surface area contributed by atoms with Crippen LogP contribution >= 0.6 is 0 Å². The van der Waals surface area contributed by atoms with Gasteiger partial charge in [0, 0.05) is 27.2 Å². The molecular formula is C14H26N6. The van der Waals surface area contributed by atoms with Crippen molar-refractivity contribution in [2.45, 2.75) is 45.6 Å². The van der Waals surface area contributed by atoms with E-state index in [0.717, 1.165) is 6.42 Å². The average Bonchev–Trinajstić information content (AvgIpc) is 2.37. The van der Waals surface area contributed by atoms with Gasteiger partial charge in [0.1, 0.15) is 0 Å². The van der Waals surface area contributed by atoms with Crippen molar-refractivity contribution in [3.63, 3.8) is 0 Å². The van der Waals surface area contributed by atoms with Crippen molar-refractivity contribution in [1.29, 1.82) is 0 Å². The van der Waals surface area contributed by atoms with E-state index >= 15 is 0 Å². The molecule has 1 saturated carbocycles. The van der Waals surface area contributed by atoms with Gasteiger partial charge < -0.3 is 15.5 Å². The first-order valence-electron chi connectivity index (χ1n) is 7.27. The Morgan fingerprint density at radius 3 is 2.45 bits per heavy atom. The molecule has 0 aliphatic heterocycles. The molecule has 0 aromatic carbocycles. The lowest BCUT2D eigenvalue weighted by atomic mass is 9.75. The Balaban J connectivity index is 2.14. The third kappa shape index (κ3) is 3.71. The molecule has 1 aromatic heterocycles. The summed E-state index contributed by atoms with van der Waals surface area (Å²) in [5, 5.41) is 6.46. The van der Waals surface area contributed by atoms with E-state index in [1.54, 1.807) is 0 Å².